The largest absolute Gasteiger partial charge is 0.299 e. The van der Waals surface area contributed by atoms with E-state index < -0.39 is 0 Å². The average molecular weight is 287 g/mol. The van der Waals surface area contributed by atoms with E-state index in [2.05, 4.69) is 22.9 Å². The van der Waals surface area contributed by atoms with Gasteiger partial charge in [0.15, 0.2) is 0 Å². The lowest BCUT2D eigenvalue weighted by atomic mass is 10.0. The van der Waals surface area contributed by atoms with E-state index in [0.717, 1.165) is 24.8 Å². The molecular weight excluding hydrogens is 271 g/mol. The van der Waals surface area contributed by atoms with Crippen LogP contribution in [0.2, 0.25) is 0 Å². The normalized spacial score (nSPS) is 10.4. The minimum Gasteiger partial charge on any atom is -0.299 e. The lowest BCUT2D eigenvalue weighted by Crippen LogP contribution is -2.02. The van der Waals surface area contributed by atoms with E-state index in [1.165, 1.54) is 12.1 Å². The highest BCUT2D eigenvalue weighted by atomic mass is 79.9. The Hall–Kier alpha value is -0.700. The van der Waals surface area contributed by atoms with Crippen molar-refractivity contribution in [3.8, 4) is 0 Å². The molecule has 1 rings (SSSR count). The number of Topliss-reactive ketones (excluding diaryl/α,β-unsaturated/α-hetero) is 1. The zero-order valence-corrected chi connectivity index (χ0v) is 11.0. The summed E-state index contributed by atoms with van der Waals surface area (Å²) in [7, 11) is 0. The maximum absolute atomic E-state index is 13.0. The SMILES string of the molecule is CCCCCC(=O)Cc1cc(F)cc(Br)c1. The smallest absolute Gasteiger partial charge is 0.137 e. The molecule has 0 unspecified atom stereocenters. The zero-order valence-electron chi connectivity index (χ0n) is 9.43. The Labute approximate surface area is 104 Å². The minimum absolute atomic E-state index is 0.186. The van der Waals surface area contributed by atoms with E-state index in [0.29, 0.717) is 17.3 Å². The van der Waals surface area contributed by atoms with E-state index in [4.69, 9.17) is 0 Å². The third kappa shape index (κ3) is 4.88. The number of carbonyl (C=O) groups excluding carboxylic acids is 1. The van der Waals surface area contributed by atoms with Crippen LogP contribution in [-0.2, 0) is 11.2 Å². The number of ketones is 1. The van der Waals surface area contributed by atoms with Gasteiger partial charge in [0.2, 0.25) is 0 Å². The van der Waals surface area contributed by atoms with Crippen LogP contribution in [0.1, 0.15) is 38.2 Å². The van der Waals surface area contributed by atoms with Crippen LogP contribution in [0.15, 0.2) is 22.7 Å². The highest BCUT2D eigenvalue weighted by Crippen LogP contribution is 2.16. The lowest BCUT2D eigenvalue weighted by molar-refractivity contribution is -0.118. The van der Waals surface area contributed by atoms with Crippen LogP contribution >= 0.6 is 15.9 Å². The Morgan fingerprint density at radius 1 is 1.31 bits per heavy atom. The molecule has 0 bridgehead atoms. The summed E-state index contributed by atoms with van der Waals surface area (Å²) < 4.78 is 13.7. The van der Waals surface area contributed by atoms with Gasteiger partial charge in [0, 0.05) is 17.3 Å². The second-order valence-electron chi connectivity index (χ2n) is 3.95. The van der Waals surface area contributed by atoms with Crippen molar-refractivity contribution in [3.63, 3.8) is 0 Å². The maximum atomic E-state index is 13.0. The molecule has 0 radical (unpaired) electrons. The summed E-state index contributed by atoms with van der Waals surface area (Å²) in [6.07, 6.45) is 4.06. The molecule has 16 heavy (non-hydrogen) atoms. The Kier molecular flexibility index (Phi) is 5.67. The van der Waals surface area contributed by atoms with Gasteiger partial charge in [-0.05, 0) is 30.2 Å². The lowest BCUT2D eigenvalue weighted by Gasteiger charge is -2.02. The number of unbranched alkanes of at least 4 members (excludes halogenated alkanes) is 2. The number of rotatable bonds is 6. The Balaban J connectivity index is 2.49. The molecule has 0 heterocycles. The first-order valence-corrected chi connectivity index (χ1v) is 6.37. The van der Waals surface area contributed by atoms with Crippen molar-refractivity contribution in [3.05, 3.63) is 34.1 Å². The van der Waals surface area contributed by atoms with Crippen molar-refractivity contribution in [1.29, 1.82) is 0 Å². The fourth-order valence-corrected chi connectivity index (χ4v) is 2.11. The third-order valence-electron chi connectivity index (χ3n) is 2.38. The highest BCUT2D eigenvalue weighted by molar-refractivity contribution is 9.10. The van der Waals surface area contributed by atoms with Crippen molar-refractivity contribution in [1.82, 2.24) is 0 Å². The molecule has 0 saturated carbocycles. The van der Waals surface area contributed by atoms with Gasteiger partial charge in [0.1, 0.15) is 11.6 Å². The molecule has 3 heteroatoms. The molecule has 0 atom stereocenters. The van der Waals surface area contributed by atoms with E-state index in [-0.39, 0.29) is 11.6 Å². The molecule has 1 aromatic carbocycles. The standard InChI is InChI=1S/C13H16BrFO/c1-2-3-4-5-13(16)8-10-6-11(14)9-12(15)7-10/h6-7,9H,2-5,8H2,1H3. The quantitative estimate of drug-likeness (QED) is 0.714. The van der Waals surface area contributed by atoms with E-state index in [1.807, 2.05) is 0 Å². The van der Waals surface area contributed by atoms with Gasteiger partial charge in [-0.3, -0.25) is 4.79 Å². The van der Waals surface area contributed by atoms with E-state index in [9.17, 15) is 9.18 Å². The van der Waals surface area contributed by atoms with Crippen LogP contribution in [0.25, 0.3) is 0 Å². The Morgan fingerprint density at radius 2 is 2.06 bits per heavy atom. The average Bonchev–Trinajstić information content (AvgIpc) is 2.16. The maximum Gasteiger partial charge on any atom is 0.137 e. The first-order chi connectivity index (χ1) is 7.61. The highest BCUT2D eigenvalue weighted by Gasteiger charge is 2.05. The summed E-state index contributed by atoms with van der Waals surface area (Å²) in [4.78, 5) is 11.6. The summed E-state index contributed by atoms with van der Waals surface area (Å²) in [6, 6.07) is 4.61. The van der Waals surface area contributed by atoms with Gasteiger partial charge in [-0.1, -0.05) is 35.7 Å². The minimum atomic E-state index is -0.300. The summed E-state index contributed by atoms with van der Waals surface area (Å²) in [5.74, 6) is -0.114. The first-order valence-electron chi connectivity index (χ1n) is 5.58. The fraction of sp³-hybridized carbons (Fsp3) is 0.462. The van der Waals surface area contributed by atoms with Gasteiger partial charge < -0.3 is 0 Å². The predicted octanol–water partition coefficient (Wildman–Crippen LogP) is 4.28. The molecular formula is C13H16BrFO. The van der Waals surface area contributed by atoms with Crippen molar-refractivity contribution in [2.24, 2.45) is 0 Å². The van der Waals surface area contributed by atoms with Crippen LogP contribution in [0.5, 0.6) is 0 Å². The molecule has 0 aliphatic heterocycles. The summed E-state index contributed by atoms with van der Waals surface area (Å²) >= 11 is 3.22. The second kappa shape index (κ2) is 6.79. The third-order valence-corrected chi connectivity index (χ3v) is 2.84. The molecule has 0 N–H and O–H groups in total. The Bertz CT molecular complexity index is 343. The molecule has 0 aliphatic rings. The molecule has 0 fully saturated rings. The van der Waals surface area contributed by atoms with Crippen LogP contribution in [0.4, 0.5) is 4.39 Å². The van der Waals surface area contributed by atoms with Crippen LogP contribution in [0.3, 0.4) is 0 Å². The summed E-state index contributed by atoms with van der Waals surface area (Å²) in [5, 5.41) is 0. The molecule has 0 amide bonds. The topological polar surface area (TPSA) is 17.1 Å². The number of benzene rings is 1. The van der Waals surface area contributed by atoms with Crippen LogP contribution < -0.4 is 0 Å². The molecule has 88 valence electrons. The summed E-state index contributed by atoms with van der Waals surface area (Å²) in [5.41, 5.74) is 0.744. The Morgan fingerprint density at radius 3 is 2.69 bits per heavy atom. The summed E-state index contributed by atoms with van der Waals surface area (Å²) in [6.45, 7) is 2.11. The zero-order chi connectivity index (χ0) is 12.0. The van der Waals surface area contributed by atoms with E-state index in [1.54, 1.807) is 6.07 Å². The van der Waals surface area contributed by atoms with Crippen molar-refractivity contribution < 1.29 is 9.18 Å². The van der Waals surface area contributed by atoms with Gasteiger partial charge in [-0.25, -0.2) is 4.39 Å². The van der Waals surface area contributed by atoms with Crippen molar-refractivity contribution in [2.45, 2.75) is 39.0 Å². The number of hydrogen-bond acceptors (Lipinski definition) is 1. The van der Waals surface area contributed by atoms with Crippen LogP contribution in [-0.4, -0.2) is 5.78 Å². The van der Waals surface area contributed by atoms with Gasteiger partial charge in [-0.15, -0.1) is 0 Å². The molecule has 1 aromatic rings. The number of carbonyl (C=O) groups is 1. The van der Waals surface area contributed by atoms with Crippen molar-refractivity contribution in [2.75, 3.05) is 0 Å². The fourth-order valence-electron chi connectivity index (χ4n) is 1.60. The molecule has 0 spiro atoms. The first kappa shape index (κ1) is 13.4. The second-order valence-corrected chi connectivity index (χ2v) is 4.87. The monoisotopic (exact) mass is 286 g/mol. The number of hydrogen-bond donors (Lipinski definition) is 0. The van der Waals surface area contributed by atoms with Crippen LogP contribution in [0, 0.1) is 5.82 Å². The molecule has 1 nitrogen and oxygen atoms in total. The molecule has 0 aliphatic carbocycles. The van der Waals surface area contributed by atoms with Gasteiger partial charge in [-0.2, -0.15) is 0 Å². The van der Waals surface area contributed by atoms with Gasteiger partial charge in [0.05, 0.1) is 0 Å². The predicted molar refractivity (Wildman–Crippen MR) is 67.0 cm³/mol. The van der Waals surface area contributed by atoms with Gasteiger partial charge in [0.25, 0.3) is 0 Å². The number of halogens is 2. The molecule has 0 saturated heterocycles. The van der Waals surface area contributed by atoms with Gasteiger partial charge >= 0.3 is 0 Å². The van der Waals surface area contributed by atoms with Crippen molar-refractivity contribution >= 4 is 21.7 Å². The molecule has 0 aromatic heterocycles. The van der Waals surface area contributed by atoms with E-state index >= 15 is 0 Å².